The van der Waals surface area contributed by atoms with E-state index in [9.17, 15) is 9.59 Å². The zero-order valence-corrected chi connectivity index (χ0v) is 14.1. The number of fused-ring (bicyclic) bond motifs is 2. The normalized spacial score (nSPS) is 11.1. The third-order valence-electron chi connectivity index (χ3n) is 3.70. The van der Waals surface area contributed by atoms with Crippen LogP contribution < -0.4 is 10.9 Å². The summed E-state index contributed by atoms with van der Waals surface area (Å²) in [6.07, 6.45) is 0. The van der Waals surface area contributed by atoms with E-state index in [2.05, 4.69) is 20.6 Å². The lowest BCUT2D eigenvalue weighted by Gasteiger charge is -2.06. The Kier molecular flexibility index (Phi) is 3.73. The molecule has 0 atom stereocenters. The smallest absolute Gasteiger partial charge is 0.278 e. The summed E-state index contributed by atoms with van der Waals surface area (Å²) in [5.74, 6) is -0.340. The summed E-state index contributed by atoms with van der Waals surface area (Å²) in [5.41, 5.74) is 1.73. The summed E-state index contributed by atoms with van der Waals surface area (Å²) in [4.78, 5) is 29.0. The highest BCUT2D eigenvalue weighted by molar-refractivity contribution is 7.18. The van der Waals surface area contributed by atoms with E-state index in [1.807, 2.05) is 19.1 Å². The Morgan fingerprint density at radius 3 is 2.92 bits per heavy atom. The van der Waals surface area contributed by atoms with E-state index >= 15 is 0 Å². The maximum atomic E-state index is 12.4. The minimum absolute atomic E-state index is 0.198. The molecule has 1 N–H and O–H groups in total. The standard InChI is InChI=1S/C17H13N5O2S/c1-10-18-14-7-6-11(8-15(14)25-10)19-16(23)9-22-17(24)12-4-2-3-5-13(12)20-21-22/h2-8H,9H2,1H3,(H,19,23). The lowest BCUT2D eigenvalue weighted by molar-refractivity contribution is -0.117. The first-order valence-corrected chi connectivity index (χ1v) is 8.41. The molecular formula is C17H13N5O2S. The monoisotopic (exact) mass is 351 g/mol. The second-order valence-electron chi connectivity index (χ2n) is 5.53. The van der Waals surface area contributed by atoms with Crippen molar-refractivity contribution >= 4 is 44.1 Å². The number of rotatable bonds is 3. The first-order valence-electron chi connectivity index (χ1n) is 7.60. The minimum Gasteiger partial charge on any atom is -0.324 e. The second kappa shape index (κ2) is 6.06. The molecule has 4 rings (SSSR count). The van der Waals surface area contributed by atoms with Crippen LogP contribution in [0.15, 0.2) is 47.3 Å². The van der Waals surface area contributed by atoms with Crippen molar-refractivity contribution in [2.45, 2.75) is 13.5 Å². The number of amides is 1. The number of aryl methyl sites for hydroxylation is 1. The van der Waals surface area contributed by atoms with Gasteiger partial charge in [0.25, 0.3) is 5.56 Å². The molecular weight excluding hydrogens is 338 g/mol. The summed E-state index contributed by atoms with van der Waals surface area (Å²) >= 11 is 1.56. The maximum Gasteiger partial charge on any atom is 0.278 e. The van der Waals surface area contributed by atoms with Crippen molar-refractivity contribution in [3.05, 3.63) is 57.8 Å². The number of hydrogen-bond acceptors (Lipinski definition) is 6. The van der Waals surface area contributed by atoms with E-state index in [0.29, 0.717) is 16.6 Å². The number of hydrogen-bond donors (Lipinski definition) is 1. The largest absolute Gasteiger partial charge is 0.324 e. The average molecular weight is 351 g/mol. The quantitative estimate of drug-likeness (QED) is 0.612. The van der Waals surface area contributed by atoms with Crippen LogP contribution in [0.25, 0.3) is 21.1 Å². The molecule has 0 saturated heterocycles. The number of thiazole rings is 1. The van der Waals surface area contributed by atoms with Crippen molar-refractivity contribution in [1.29, 1.82) is 0 Å². The van der Waals surface area contributed by atoms with Crippen LogP contribution in [-0.2, 0) is 11.3 Å². The van der Waals surface area contributed by atoms with Crippen LogP contribution in [0.2, 0.25) is 0 Å². The van der Waals surface area contributed by atoms with Crippen LogP contribution in [0.1, 0.15) is 5.01 Å². The molecule has 0 aliphatic heterocycles. The van der Waals surface area contributed by atoms with Crippen LogP contribution in [0.3, 0.4) is 0 Å². The van der Waals surface area contributed by atoms with Gasteiger partial charge in [-0.15, -0.1) is 16.4 Å². The molecule has 2 aromatic carbocycles. The van der Waals surface area contributed by atoms with Crippen molar-refractivity contribution < 1.29 is 4.79 Å². The molecule has 0 bridgehead atoms. The molecule has 124 valence electrons. The van der Waals surface area contributed by atoms with Gasteiger partial charge in [-0.3, -0.25) is 9.59 Å². The fourth-order valence-corrected chi connectivity index (χ4v) is 3.45. The summed E-state index contributed by atoms with van der Waals surface area (Å²) in [5, 5.41) is 12.0. The summed E-state index contributed by atoms with van der Waals surface area (Å²) in [6.45, 7) is 1.74. The van der Waals surface area contributed by atoms with Gasteiger partial charge in [-0.2, -0.15) is 0 Å². The molecule has 8 heteroatoms. The van der Waals surface area contributed by atoms with E-state index < -0.39 is 0 Å². The number of nitrogens with zero attached hydrogens (tertiary/aromatic N) is 4. The molecule has 2 heterocycles. The summed E-state index contributed by atoms with van der Waals surface area (Å²) < 4.78 is 2.06. The van der Waals surface area contributed by atoms with Gasteiger partial charge in [0, 0.05) is 5.69 Å². The Morgan fingerprint density at radius 2 is 2.04 bits per heavy atom. The van der Waals surface area contributed by atoms with Crippen molar-refractivity contribution in [2.75, 3.05) is 5.32 Å². The highest BCUT2D eigenvalue weighted by atomic mass is 32.1. The lowest BCUT2D eigenvalue weighted by atomic mass is 10.2. The number of anilines is 1. The van der Waals surface area contributed by atoms with Crippen molar-refractivity contribution in [2.24, 2.45) is 0 Å². The van der Waals surface area contributed by atoms with E-state index in [1.54, 1.807) is 41.7 Å². The van der Waals surface area contributed by atoms with Crippen LogP contribution in [0.4, 0.5) is 5.69 Å². The van der Waals surface area contributed by atoms with Gasteiger partial charge in [0.15, 0.2) is 0 Å². The fraction of sp³-hybridized carbons (Fsp3) is 0.118. The second-order valence-corrected chi connectivity index (χ2v) is 6.77. The van der Waals surface area contributed by atoms with Gasteiger partial charge < -0.3 is 5.32 Å². The van der Waals surface area contributed by atoms with Crippen LogP contribution in [-0.4, -0.2) is 25.9 Å². The van der Waals surface area contributed by atoms with Gasteiger partial charge in [-0.1, -0.05) is 17.3 Å². The highest BCUT2D eigenvalue weighted by Crippen LogP contribution is 2.24. The summed E-state index contributed by atoms with van der Waals surface area (Å²) in [6, 6.07) is 12.4. The predicted molar refractivity (Wildman–Crippen MR) is 96.8 cm³/mol. The van der Waals surface area contributed by atoms with Gasteiger partial charge in [-0.05, 0) is 37.3 Å². The van der Waals surface area contributed by atoms with Crippen LogP contribution in [0.5, 0.6) is 0 Å². The third-order valence-corrected chi connectivity index (χ3v) is 4.64. The van der Waals surface area contributed by atoms with Gasteiger partial charge in [-0.25, -0.2) is 9.67 Å². The fourth-order valence-electron chi connectivity index (χ4n) is 2.58. The number of nitrogens with one attached hydrogen (secondary N) is 1. The molecule has 4 aromatic rings. The topological polar surface area (TPSA) is 89.8 Å². The molecule has 0 aliphatic carbocycles. The van der Waals surface area contributed by atoms with Gasteiger partial charge in [0.1, 0.15) is 12.1 Å². The summed E-state index contributed by atoms with van der Waals surface area (Å²) in [7, 11) is 0. The SMILES string of the molecule is Cc1nc2ccc(NC(=O)Cn3nnc4ccccc4c3=O)cc2s1. The Balaban J connectivity index is 1.57. The Labute approximate surface area is 145 Å². The maximum absolute atomic E-state index is 12.4. The number of carbonyl (C=O) groups excluding carboxylic acids is 1. The molecule has 0 unspecified atom stereocenters. The molecule has 7 nitrogen and oxygen atoms in total. The Morgan fingerprint density at radius 1 is 1.20 bits per heavy atom. The van der Waals surface area contributed by atoms with E-state index in [4.69, 9.17) is 0 Å². The molecule has 25 heavy (non-hydrogen) atoms. The van der Waals surface area contributed by atoms with E-state index in [0.717, 1.165) is 19.9 Å². The Bertz CT molecular complexity index is 1160. The van der Waals surface area contributed by atoms with Crippen molar-refractivity contribution in [1.82, 2.24) is 20.0 Å². The van der Waals surface area contributed by atoms with Gasteiger partial charge in [0.05, 0.1) is 20.6 Å². The zero-order valence-electron chi connectivity index (χ0n) is 13.3. The average Bonchev–Trinajstić information content (AvgIpc) is 2.97. The number of aromatic nitrogens is 4. The van der Waals surface area contributed by atoms with Crippen molar-refractivity contribution in [3.8, 4) is 0 Å². The van der Waals surface area contributed by atoms with Crippen molar-refractivity contribution in [3.63, 3.8) is 0 Å². The van der Waals surface area contributed by atoms with Gasteiger partial charge in [0.2, 0.25) is 5.91 Å². The molecule has 0 fully saturated rings. The van der Waals surface area contributed by atoms with E-state index in [-0.39, 0.29) is 18.0 Å². The minimum atomic E-state index is -0.340. The number of benzene rings is 2. The molecule has 2 aromatic heterocycles. The molecule has 0 spiro atoms. The molecule has 0 radical (unpaired) electrons. The lowest BCUT2D eigenvalue weighted by Crippen LogP contribution is -2.30. The zero-order chi connectivity index (χ0) is 17.4. The van der Waals surface area contributed by atoms with Crippen LogP contribution >= 0.6 is 11.3 Å². The highest BCUT2D eigenvalue weighted by Gasteiger charge is 2.10. The van der Waals surface area contributed by atoms with E-state index in [1.165, 1.54) is 0 Å². The number of carbonyl (C=O) groups is 1. The van der Waals surface area contributed by atoms with Gasteiger partial charge >= 0.3 is 0 Å². The molecule has 0 aliphatic rings. The first-order chi connectivity index (χ1) is 12.1. The van der Waals surface area contributed by atoms with Crippen LogP contribution in [0, 0.1) is 6.92 Å². The predicted octanol–water partition coefficient (Wildman–Crippen LogP) is 2.35. The molecule has 0 saturated carbocycles. The third kappa shape index (κ3) is 2.99. The first kappa shape index (κ1) is 15.4. The molecule has 1 amide bonds. The Hall–Kier alpha value is -3.13.